The molecule has 6 heteroatoms. The predicted octanol–water partition coefficient (Wildman–Crippen LogP) is 2.28. The van der Waals surface area contributed by atoms with Gasteiger partial charge in [0.15, 0.2) is 0 Å². The summed E-state index contributed by atoms with van der Waals surface area (Å²) in [4.78, 5) is 5.20. The van der Waals surface area contributed by atoms with Gasteiger partial charge >= 0.3 is 0 Å². The molecular weight excluding hydrogens is 280 g/mol. The SMILES string of the molecule is CSc1ccc(S(=O)(=O)NCc2ccncc2)cc1. The van der Waals surface area contributed by atoms with Gasteiger partial charge in [-0.1, -0.05) is 0 Å². The molecule has 0 radical (unpaired) electrons. The minimum atomic E-state index is -3.46. The second-order valence-corrected chi connectivity index (χ2v) is 6.50. The quantitative estimate of drug-likeness (QED) is 0.860. The zero-order valence-corrected chi connectivity index (χ0v) is 12.0. The predicted molar refractivity (Wildman–Crippen MR) is 76.5 cm³/mol. The van der Waals surface area contributed by atoms with Crippen molar-refractivity contribution in [2.24, 2.45) is 0 Å². The van der Waals surface area contributed by atoms with Crippen molar-refractivity contribution >= 4 is 21.8 Å². The summed E-state index contributed by atoms with van der Waals surface area (Å²) in [5, 5.41) is 0. The third-order valence-corrected chi connectivity index (χ3v) is 4.75. The van der Waals surface area contributed by atoms with E-state index in [1.807, 2.05) is 6.26 Å². The lowest BCUT2D eigenvalue weighted by molar-refractivity contribution is 0.581. The molecule has 0 bridgehead atoms. The zero-order chi connectivity index (χ0) is 13.7. The molecule has 0 saturated carbocycles. The monoisotopic (exact) mass is 294 g/mol. The largest absolute Gasteiger partial charge is 0.265 e. The van der Waals surface area contributed by atoms with Crippen LogP contribution in [-0.2, 0) is 16.6 Å². The molecule has 0 unspecified atom stereocenters. The standard InChI is InChI=1S/C13H14N2O2S2/c1-18-12-2-4-13(5-3-12)19(16,17)15-10-11-6-8-14-9-7-11/h2-9,15H,10H2,1H3. The van der Waals surface area contributed by atoms with Crippen LogP contribution < -0.4 is 4.72 Å². The molecule has 2 rings (SSSR count). The second kappa shape index (κ2) is 6.18. The summed E-state index contributed by atoms with van der Waals surface area (Å²) < 4.78 is 26.7. The Hall–Kier alpha value is -1.37. The number of thioether (sulfide) groups is 1. The molecule has 1 aromatic heterocycles. The first-order chi connectivity index (χ1) is 9.12. The fraction of sp³-hybridized carbons (Fsp3) is 0.154. The van der Waals surface area contributed by atoms with Crippen molar-refractivity contribution in [3.8, 4) is 0 Å². The highest BCUT2D eigenvalue weighted by Crippen LogP contribution is 2.17. The average Bonchev–Trinajstić information content (AvgIpc) is 2.46. The Kier molecular flexibility index (Phi) is 4.57. The minimum absolute atomic E-state index is 0.259. The molecule has 0 amide bonds. The van der Waals surface area contributed by atoms with E-state index in [9.17, 15) is 8.42 Å². The van der Waals surface area contributed by atoms with Gasteiger partial charge in [-0.3, -0.25) is 4.98 Å². The van der Waals surface area contributed by atoms with Crippen LogP contribution >= 0.6 is 11.8 Å². The summed E-state index contributed by atoms with van der Waals surface area (Å²) in [5.41, 5.74) is 0.874. The Balaban J connectivity index is 2.09. The number of hydrogen-bond donors (Lipinski definition) is 1. The lowest BCUT2D eigenvalue weighted by atomic mass is 10.3. The molecule has 0 aliphatic rings. The normalized spacial score (nSPS) is 11.4. The Labute approximate surface area is 117 Å². The Morgan fingerprint density at radius 3 is 2.32 bits per heavy atom. The van der Waals surface area contributed by atoms with Crippen LogP contribution in [0.2, 0.25) is 0 Å². The van der Waals surface area contributed by atoms with E-state index in [2.05, 4.69) is 9.71 Å². The summed E-state index contributed by atoms with van der Waals surface area (Å²) in [5.74, 6) is 0. The number of nitrogens with one attached hydrogen (secondary N) is 1. The van der Waals surface area contributed by atoms with Gasteiger partial charge in [0.1, 0.15) is 0 Å². The molecule has 1 N–H and O–H groups in total. The maximum absolute atomic E-state index is 12.1. The van der Waals surface area contributed by atoms with Crippen LogP contribution in [0.4, 0.5) is 0 Å². The molecule has 4 nitrogen and oxygen atoms in total. The van der Waals surface area contributed by atoms with E-state index in [4.69, 9.17) is 0 Å². The second-order valence-electron chi connectivity index (χ2n) is 3.86. The zero-order valence-electron chi connectivity index (χ0n) is 10.4. The van der Waals surface area contributed by atoms with E-state index >= 15 is 0 Å². The molecule has 0 spiro atoms. The van der Waals surface area contributed by atoms with Gasteiger partial charge in [-0.15, -0.1) is 11.8 Å². The summed E-state index contributed by atoms with van der Waals surface area (Å²) in [6, 6.07) is 10.4. The minimum Gasteiger partial charge on any atom is -0.265 e. The molecule has 0 fully saturated rings. The summed E-state index contributed by atoms with van der Waals surface area (Å²) >= 11 is 1.58. The summed E-state index contributed by atoms with van der Waals surface area (Å²) in [6.07, 6.45) is 5.22. The number of benzene rings is 1. The number of rotatable bonds is 5. The van der Waals surface area contributed by atoms with Gasteiger partial charge in [0.25, 0.3) is 0 Å². The van der Waals surface area contributed by atoms with E-state index in [0.717, 1.165) is 10.5 Å². The number of sulfonamides is 1. The van der Waals surface area contributed by atoms with Gasteiger partial charge in [-0.25, -0.2) is 13.1 Å². The van der Waals surface area contributed by atoms with Crippen LogP contribution in [0.1, 0.15) is 5.56 Å². The van der Waals surface area contributed by atoms with Crippen molar-refractivity contribution in [1.29, 1.82) is 0 Å². The summed E-state index contributed by atoms with van der Waals surface area (Å²) in [6.45, 7) is 0.259. The topological polar surface area (TPSA) is 59.1 Å². The molecule has 0 aliphatic heterocycles. The van der Waals surface area contributed by atoms with Gasteiger partial charge in [0.05, 0.1) is 4.90 Å². The van der Waals surface area contributed by atoms with E-state index in [-0.39, 0.29) is 11.4 Å². The van der Waals surface area contributed by atoms with E-state index < -0.39 is 10.0 Å². The van der Waals surface area contributed by atoms with Gasteiger partial charge in [0.2, 0.25) is 10.0 Å². The van der Waals surface area contributed by atoms with E-state index in [1.165, 1.54) is 0 Å². The fourth-order valence-corrected chi connectivity index (χ4v) is 2.94. The van der Waals surface area contributed by atoms with Crippen molar-refractivity contribution in [3.05, 3.63) is 54.4 Å². The lowest BCUT2D eigenvalue weighted by Gasteiger charge is -2.07. The van der Waals surface area contributed by atoms with Crippen LogP contribution in [0.15, 0.2) is 58.6 Å². The smallest absolute Gasteiger partial charge is 0.240 e. The molecule has 1 aromatic carbocycles. The number of nitrogens with zero attached hydrogens (tertiary/aromatic N) is 1. The van der Waals surface area contributed by atoms with Crippen LogP contribution in [-0.4, -0.2) is 19.7 Å². The number of aromatic nitrogens is 1. The van der Waals surface area contributed by atoms with Crippen molar-refractivity contribution in [1.82, 2.24) is 9.71 Å². The summed E-state index contributed by atoms with van der Waals surface area (Å²) in [7, 11) is -3.46. The highest BCUT2D eigenvalue weighted by Gasteiger charge is 2.13. The maximum atomic E-state index is 12.1. The fourth-order valence-electron chi connectivity index (χ4n) is 1.52. The molecule has 0 saturated heterocycles. The third-order valence-electron chi connectivity index (χ3n) is 2.59. The molecule has 2 aromatic rings. The first-order valence-corrected chi connectivity index (χ1v) is 8.35. The molecule has 0 aliphatic carbocycles. The molecular formula is C13H14N2O2S2. The van der Waals surface area contributed by atoms with Crippen molar-refractivity contribution in [3.63, 3.8) is 0 Å². The number of pyridine rings is 1. The molecule has 100 valence electrons. The van der Waals surface area contributed by atoms with E-state index in [1.54, 1.807) is 60.6 Å². The van der Waals surface area contributed by atoms with Gasteiger partial charge in [-0.2, -0.15) is 0 Å². The third kappa shape index (κ3) is 3.79. The van der Waals surface area contributed by atoms with Crippen molar-refractivity contribution < 1.29 is 8.42 Å². The Bertz CT molecular complexity index is 625. The Morgan fingerprint density at radius 2 is 1.74 bits per heavy atom. The van der Waals surface area contributed by atoms with Crippen LogP contribution in [0, 0.1) is 0 Å². The molecule has 1 heterocycles. The maximum Gasteiger partial charge on any atom is 0.240 e. The van der Waals surface area contributed by atoms with Gasteiger partial charge in [-0.05, 0) is 48.2 Å². The Morgan fingerprint density at radius 1 is 1.11 bits per heavy atom. The van der Waals surface area contributed by atoms with Gasteiger partial charge in [0, 0.05) is 23.8 Å². The molecule has 0 atom stereocenters. The first kappa shape index (κ1) is 14.0. The first-order valence-electron chi connectivity index (χ1n) is 5.64. The van der Waals surface area contributed by atoms with Crippen molar-refractivity contribution in [2.75, 3.05) is 6.26 Å². The highest BCUT2D eigenvalue weighted by atomic mass is 32.2. The van der Waals surface area contributed by atoms with Crippen LogP contribution in [0.5, 0.6) is 0 Å². The molecule has 19 heavy (non-hydrogen) atoms. The van der Waals surface area contributed by atoms with E-state index in [0.29, 0.717) is 0 Å². The van der Waals surface area contributed by atoms with Crippen molar-refractivity contribution in [2.45, 2.75) is 16.3 Å². The average molecular weight is 294 g/mol. The lowest BCUT2D eigenvalue weighted by Crippen LogP contribution is -2.23. The van der Waals surface area contributed by atoms with Gasteiger partial charge < -0.3 is 0 Å². The van der Waals surface area contributed by atoms with Crippen LogP contribution in [0.25, 0.3) is 0 Å². The van der Waals surface area contributed by atoms with Crippen LogP contribution in [0.3, 0.4) is 0 Å². The highest BCUT2D eigenvalue weighted by molar-refractivity contribution is 7.98. The number of hydrogen-bond acceptors (Lipinski definition) is 4.